The second-order valence-electron chi connectivity index (χ2n) is 5.36. The van der Waals surface area contributed by atoms with E-state index in [2.05, 4.69) is 0 Å². The summed E-state index contributed by atoms with van der Waals surface area (Å²) < 4.78 is 4.87. The van der Waals surface area contributed by atoms with Crippen molar-refractivity contribution in [1.82, 2.24) is 0 Å². The Kier molecular flexibility index (Phi) is 4.05. The number of alkyl halides is 1. The number of carbonyl (C=O) groups excluding carboxylic acids is 2. The lowest BCUT2D eigenvalue weighted by Gasteiger charge is -2.33. The van der Waals surface area contributed by atoms with Gasteiger partial charge < -0.3 is 4.74 Å². The highest BCUT2D eigenvalue weighted by Crippen LogP contribution is 2.49. The quantitative estimate of drug-likeness (QED) is 0.485. The summed E-state index contributed by atoms with van der Waals surface area (Å²) in [6, 6.07) is 9.57. The number of allylic oxidation sites excluding steroid dienone is 2. The van der Waals surface area contributed by atoms with Crippen molar-refractivity contribution >= 4 is 35.1 Å². The molecule has 1 aliphatic carbocycles. The first kappa shape index (κ1) is 14.6. The molecule has 1 aromatic carbocycles. The second kappa shape index (κ2) is 5.82. The third-order valence-corrected chi connectivity index (χ3v) is 4.87. The molecule has 5 heteroatoms. The average Bonchev–Trinajstić information content (AvgIpc) is 2.78. The molecule has 3 rings (SSSR count). The van der Waals surface area contributed by atoms with Gasteiger partial charge >= 0.3 is 11.9 Å². The Hall–Kier alpha value is -1.32. The molecule has 4 unspecified atom stereocenters. The molecule has 0 amide bonds. The normalized spacial score (nSPS) is 31.6. The van der Waals surface area contributed by atoms with Crippen LogP contribution in [-0.4, -0.2) is 17.8 Å². The highest BCUT2D eigenvalue weighted by Gasteiger charge is 2.54. The maximum absolute atomic E-state index is 12.1. The van der Waals surface area contributed by atoms with Gasteiger partial charge in [-0.2, -0.15) is 0 Å². The van der Waals surface area contributed by atoms with E-state index in [-0.39, 0.29) is 11.8 Å². The summed E-state index contributed by atoms with van der Waals surface area (Å²) in [6.45, 7) is 0. The van der Waals surface area contributed by atoms with Gasteiger partial charge in [0.05, 0.1) is 11.8 Å². The van der Waals surface area contributed by atoms with Crippen LogP contribution in [0.5, 0.6) is 0 Å². The molecule has 0 bridgehead atoms. The van der Waals surface area contributed by atoms with Crippen LogP contribution in [0.25, 0.3) is 0 Å². The highest BCUT2D eigenvalue weighted by molar-refractivity contribution is 6.30. The van der Waals surface area contributed by atoms with Gasteiger partial charge in [0.25, 0.3) is 0 Å². The van der Waals surface area contributed by atoms with Crippen LogP contribution in [0.2, 0.25) is 0 Å². The molecule has 3 nitrogen and oxygen atoms in total. The molecule has 0 N–H and O–H groups in total. The summed E-state index contributed by atoms with van der Waals surface area (Å²) in [4.78, 5) is 24.2. The van der Waals surface area contributed by atoms with Gasteiger partial charge in [-0.05, 0) is 12.0 Å². The van der Waals surface area contributed by atoms with E-state index in [1.807, 2.05) is 36.4 Å². The number of carbonyl (C=O) groups is 2. The Morgan fingerprint density at radius 3 is 2.38 bits per heavy atom. The molecule has 1 aliphatic heterocycles. The van der Waals surface area contributed by atoms with Crippen molar-refractivity contribution in [3.05, 3.63) is 47.0 Å². The summed E-state index contributed by atoms with van der Waals surface area (Å²) in [6.07, 6.45) is 2.43. The SMILES string of the molecule is O=C1OC(=O)C2C(c3ccccc3)C=C(Cl)C(CCCl)C12. The van der Waals surface area contributed by atoms with Crippen molar-refractivity contribution in [3.8, 4) is 0 Å². The van der Waals surface area contributed by atoms with E-state index in [1.165, 1.54) is 0 Å². The monoisotopic (exact) mass is 324 g/mol. The minimum atomic E-state index is -0.529. The number of rotatable bonds is 3. The molecule has 0 aromatic heterocycles. The van der Waals surface area contributed by atoms with Gasteiger partial charge in [0, 0.05) is 22.7 Å². The summed E-state index contributed by atoms with van der Waals surface area (Å²) in [7, 11) is 0. The van der Waals surface area contributed by atoms with Crippen molar-refractivity contribution in [2.24, 2.45) is 17.8 Å². The number of hydrogen-bond donors (Lipinski definition) is 0. The Morgan fingerprint density at radius 1 is 1.05 bits per heavy atom. The van der Waals surface area contributed by atoms with E-state index in [4.69, 9.17) is 27.9 Å². The van der Waals surface area contributed by atoms with E-state index < -0.39 is 23.8 Å². The number of halogens is 2. The fraction of sp³-hybridized carbons (Fsp3) is 0.375. The topological polar surface area (TPSA) is 43.4 Å². The fourth-order valence-electron chi connectivity index (χ4n) is 3.30. The van der Waals surface area contributed by atoms with Gasteiger partial charge in [-0.25, -0.2) is 0 Å². The van der Waals surface area contributed by atoms with Crippen molar-refractivity contribution in [2.75, 3.05) is 5.88 Å². The molecule has 110 valence electrons. The molecule has 0 spiro atoms. The molecule has 1 fully saturated rings. The lowest BCUT2D eigenvalue weighted by atomic mass is 9.68. The maximum Gasteiger partial charge on any atom is 0.318 e. The van der Waals surface area contributed by atoms with Crippen LogP contribution < -0.4 is 0 Å². The lowest BCUT2D eigenvalue weighted by molar-refractivity contribution is -0.154. The largest absolute Gasteiger partial charge is 0.393 e. The van der Waals surface area contributed by atoms with Gasteiger partial charge in [0.2, 0.25) is 0 Å². The number of cyclic esters (lactones) is 2. The van der Waals surface area contributed by atoms with Crippen molar-refractivity contribution in [2.45, 2.75) is 12.3 Å². The van der Waals surface area contributed by atoms with Crippen LogP contribution in [0.4, 0.5) is 0 Å². The average molecular weight is 325 g/mol. The predicted octanol–water partition coefficient (Wildman–Crippen LogP) is 3.47. The first-order valence-corrected chi connectivity index (χ1v) is 7.78. The smallest absolute Gasteiger partial charge is 0.318 e. The molecule has 0 saturated carbocycles. The fourth-order valence-corrected chi connectivity index (χ4v) is 3.91. The third-order valence-electron chi connectivity index (χ3n) is 4.25. The minimum Gasteiger partial charge on any atom is -0.393 e. The number of hydrogen-bond acceptors (Lipinski definition) is 3. The Bertz CT molecular complexity index is 597. The minimum absolute atomic E-state index is 0.228. The van der Waals surface area contributed by atoms with Crippen LogP contribution >= 0.6 is 23.2 Å². The first-order valence-electron chi connectivity index (χ1n) is 6.87. The van der Waals surface area contributed by atoms with Crippen molar-refractivity contribution < 1.29 is 14.3 Å². The third kappa shape index (κ3) is 2.49. The van der Waals surface area contributed by atoms with Crippen molar-refractivity contribution in [3.63, 3.8) is 0 Å². The summed E-state index contributed by atoms with van der Waals surface area (Å²) in [5, 5.41) is 0.595. The maximum atomic E-state index is 12.1. The first-order chi connectivity index (χ1) is 10.1. The summed E-state index contributed by atoms with van der Waals surface area (Å²) >= 11 is 12.2. The van der Waals surface area contributed by atoms with E-state index in [1.54, 1.807) is 0 Å². The van der Waals surface area contributed by atoms with Crippen LogP contribution in [0.15, 0.2) is 41.4 Å². The van der Waals surface area contributed by atoms with E-state index in [0.717, 1.165) is 5.56 Å². The summed E-state index contributed by atoms with van der Waals surface area (Å²) in [5.41, 5.74) is 0.960. The highest BCUT2D eigenvalue weighted by atomic mass is 35.5. The lowest BCUT2D eigenvalue weighted by Crippen LogP contribution is -2.34. The zero-order valence-electron chi connectivity index (χ0n) is 11.2. The molecule has 2 aliphatic rings. The molecule has 1 saturated heterocycles. The molecule has 1 heterocycles. The number of ether oxygens (including phenoxy) is 1. The van der Waals surface area contributed by atoms with Gasteiger partial charge in [-0.3, -0.25) is 9.59 Å². The number of fused-ring (bicyclic) bond motifs is 1. The molecular weight excluding hydrogens is 311 g/mol. The van der Waals surface area contributed by atoms with Gasteiger partial charge in [0.15, 0.2) is 0 Å². The van der Waals surface area contributed by atoms with Crippen LogP contribution in [0.1, 0.15) is 17.9 Å². The van der Waals surface area contributed by atoms with Gasteiger partial charge in [0.1, 0.15) is 0 Å². The molecule has 0 radical (unpaired) electrons. The van der Waals surface area contributed by atoms with Crippen LogP contribution in [-0.2, 0) is 14.3 Å². The molecule has 21 heavy (non-hydrogen) atoms. The van der Waals surface area contributed by atoms with E-state index >= 15 is 0 Å². The van der Waals surface area contributed by atoms with E-state index in [9.17, 15) is 9.59 Å². The second-order valence-corrected chi connectivity index (χ2v) is 6.18. The van der Waals surface area contributed by atoms with Crippen molar-refractivity contribution in [1.29, 1.82) is 0 Å². The zero-order valence-corrected chi connectivity index (χ0v) is 12.7. The van der Waals surface area contributed by atoms with E-state index in [0.29, 0.717) is 17.3 Å². The Balaban J connectivity index is 2.06. The Labute approximate surface area is 132 Å². The van der Waals surface area contributed by atoms with Crippen LogP contribution in [0, 0.1) is 17.8 Å². The zero-order chi connectivity index (χ0) is 15.0. The van der Waals surface area contributed by atoms with Gasteiger partial charge in [-0.1, -0.05) is 48.0 Å². The Morgan fingerprint density at radius 2 is 1.71 bits per heavy atom. The van der Waals surface area contributed by atoms with Gasteiger partial charge in [-0.15, -0.1) is 11.6 Å². The molecule has 4 atom stereocenters. The predicted molar refractivity (Wildman–Crippen MR) is 80.0 cm³/mol. The standard InChI is InChI=1S/C16H14Cl2O3/c17-7-6-10-12(18)8-11(9-4-2-1-3-5-9)14-13(10)15(19)21-16(14)20/h1-5,8,10-11,13-14H,6-7H2. The number of benzene rings is 1. The molecule has 1 aromatic rings. The van der Waals surface area contributed by atoms with Crippen LogP contribution in [0.3, 0.4) is 0 Å². The molecular formula is C16H14Cl2O3. The summed E-state index contributed by atoms with van der Waals surface area (Å²) in [5.74, 6) is -2.04. The number of esters is 2.